The average molecular weight is 275 g/mol. The number of rotatable bonds is 4. The molecule has 1 aromatic heterocycles. The summed E-state index contributed by atoms with van der Waals surface area (Å²) in [6.07, 6.45) is 0.736. The van der Waals surface area contributed by atoms with Gasteiger partial charge in [-0.2, -0.15) is 0 Å². The lowest BCUT2D eigenvalue weighted by Gasteiger charge is -2.09. The van der Waals surface area contributed by atoms with Crippen LogP contribution < -0.4 is 10.1 Å². The van der Waals surface area contributed by atoms with Crippen LogP contribution >= 0.6 is 11.3 Å². The first kappa shape index (κ1) is 13.3. The number of methoxy groups -OCH3 is 1. The summed E-state index contributed by atoms with van der Waals surface area (Å²) in [6.45, 7) is 1.89. The molecular formula is C14H13NO3S. The number of carbonyl (C=O) groups excluding carboxylic acids is 2. The van der Waals surface area contributed by atoms with Gasteiger partial charge in [0.05, 0.1) is 16.9 Å². The van der Waals surface area contributed by atoms with E-state index in [4.69, 9.17) is 4.74 Å². The zero-order valence-corrected chi connectivity index (χ0v) is 11.4. The van der Waals surface area contributed by atoms with Crippen molar-refractivity contribution in [1.29, 1.82) is 0 Å². The normalized spacial score (nSPS) is 10.0. The van der Waals surface area contributed by atoms with Gasteiger partial charge in [-0.1, -0.05) is 0 Å². The number of aryl methyl sites for hydroxylation is 1. The van der Waals surface area contributed by atoms with Crippen LogP contribution in [0.4, 0.5) is 5.69 Å². The minimum atomic E-state index is -0.216. The van der Waals surface area contributed by atoms with E-state index >= 15 is 0 Å². The van der Waals surface area contributed by atoms with E-state index < -0.39 is 0 Å². The summed E-state index contributed by atoms with van der Waals surface area (Å²) in [5.41, 5.74) is 1.65. The molecule has 0 aliphatic rings. The first-order chi connectivity index (χ1) is 9.13. The summed E-state index contributed by atoms with van der Waals surface area (Å²) in [5.74, 6) is 0.529. The highest BCUT2D eigenvalue weighted by Crippen LogP contribution is 2.23. The van der Waals surface area contributed by atoms with Gasteiger partial charge in [-0.05, 0) is 42.8 Å². The molecule has 1 aromatic carbocycles. The monoisotopic (exact) mass is 275 g/mol. The van der Waals surface area contributed by atoms with Gasteiger partial charge >= 0.3 is 0 Å². The molecule has 0 saturated carbocycles. The smallest absolute Gasteiger partial charge is 0.265 e. The average Bonchev–Trinajstić information content (AvgIpc) is 2.90. The molecule has 0 aliphatic carbocycles. The largest absolute Gasteiger partial charge is 0.497 e. The number of hydrogen-bond donors (Lipinski definition) is 1. The molecule has 0 saturated heterocycles. The van der Waals surface area contributed by atoms with E-state index in [0.29, 0.717) is 9.75 Å². The second kappa shape index (κ2) is 5.67. The van der Waals surface area contributed by atoms with Crippen LogP contribution in [0.15, 0.2) is 30.3 Å². The van der Waals surface area contributed by atoms with E-state index in [1.807, 2.05) is 13.0 Å². The third-order valence-electron chi connectivity index (χ3n) is 2.65. The number of amides is 1. The number of nitrogens with one attached hydrogen (secondary N) is 1. The highest BCUT2D eigenvalue weighted by atomic mass is 32.1. The highest BCUT2D eigenvalue weighted by molar-refractivity contribution is 7.15. The van der Waals surface area contributed by atoms with Crippen LogP contribution in [0.3, 0.4) is 0 Å². The van der Waals surface area contributed by atoms with Crippen molar-refractivity contribution in [2.45, 2.75) is 6.92 Å². The molecule has 0 spiro atoms. The van der Waals surface area contributed by atoms with Crippen LogP contribution in [0.1, 0.15) is 24.9 Å². The molecule has 0 radical (unpaired) electrons. The van der Waals surface area contributed by atoms with E-state index in [1.54, 1.807) is 31.4 Å². The Kier molecular flexibility index (Phi) is 3.97. The Labute approximate surface area is 115 Å². The molecule has 19 heavy (non-hydrogen) atoms. The summed E-state index contributed by atoms with van der Waals surface area (Å²) < 4.78 is 5.11. The van der Waals surface area contributed by atoms with Crippen LogP contribution in [0.2, 0.25) is 0 Å². The van der Waals surface area contributed by atoms with E-state index in [-0.39, 0.29) is 5.91 Å². The third-order valence-corrected chi connectivity index (χ3v) is 3.66. The number of ether oxygens (including phenoxy) is 1. The third kappa shape index (κ3) is 3.00. The molecule has 0 unspecified atom stereocenters. The van der Waals surface area contributed by atoms with Crippen molar-refractivity contribution in [3.8, 4) is 5.75 Å². The molecule has 1 N–H and O–H groups in total. The fourth-order valence-electron chi connectivity index (χ4n) is 1.63. The van der Waals surface area contributed by atoms with Crippen molar-refractivity contribution in [3.05, 3.63) is 45.6 Å². The van der Waals surface area contributed by atoms with Gasteiger partial charge in [-0.3, -0.25) is 9.59 Å². The van der Waals surface area contributed by atoms with Crippen molar-refractivity contribution in [1.82, 2.24) is 0 Å². The van der Waals surface area contributed by atoms with Crippen molar-refractivity contribution >= 4 is 29.2 Å². The fourth-order valence-corrected chi connectivity index (χ4v) is 2.34. The molecule has 1 heterocycles. The maximum atomic E-state index is 12.0. The summed E-state index contributed by atoms with van der Waals surface area (Å²) in [6, 6.07) is 8.70. The van der Waals surface area contributed by atoms with E-state index in [9.17, 15) is 9.59 Å². The minimum absolute atomic E-state index is 0.216. The van der Waals surface area contributed by atoms with Crippen molar-refractivity contribution in [2.75, 3.05) is 12.4 Å². The molecule has 5 heteroatoms. The van der Waals surface area contributed by atoms with Crippen LogP contribution in [0.5, 0.6) is 5.75 Å². The fraction of sp³-hybridized carbons (Fsp3) is 0.143. The van der Waals surface area contributed by atoms with Gasteiger partial charge in [0.25, 0.3) is 5.91 Å². The molecule has 98 valence electrons. The molecule has 0 fully saturated rings. The Morgan fingerprint density at radius 3 is 2.68 bits per heavy atom. The number of hydrogen-bond acceptors (Lipinski definition) is 4. The maximum Gasteiger partial charge on any atom is 0.265 e. The van der Waals surface area contributed by atoms with Gasteiger partial charge in [0.2, 0.25) is 0 Å². The van der Waals surface area contributed by atoms with Gasteiger partial charge in [0.15, 0.2) is 6.29 Å². The first-order valence-electron chi connectivity index (χ1n) is 5.65. The molecule has 0 atom stereocenters. The summed E-state index contributed by atoms with van der Waals surface area (Å²) in [5, 5.41) is 2.82. The Hall–Kier alpha value is -2.14. The van der Waals surface area contributed by atoms with Crippen molar-refractivity contribution in [3.63, 3.8) is 0 Å². The van der Waals surface area contributed by atoms with Gasteiger partial charge in [-0.25, -0.2) is 0 Å². The Morgan fingerprint density at radius 2 is 2.11 bits per heavy atom. The van der Waals surface area contributed by atoms with Crippen LogP contribution in [-0.4, -0.2) is 19.3 Å². The molecule has 2 rings (SSSR count). The maximum absolute atomic E-state index is 12.0. The molecule has 4 nitrogen and oxygen atoms in total. The number of benzene rings is 1. The predicted octanol–water partition coefficient (Wildman–Crippen LogP) is 3.13. The second-order valence-electron chi connectivity index (χ2n) is 3.95. The molecule has 1 amide bonds. The lowest BCUT2D eigenvalue weighted by molar-refractivity contribution is 0.103. The van der Waals surface area contributed by atoms with Crippen LogP contribution in [0.25, 0.3) is 0 Å². The van der Waals surface area contributed by atoms with E-state index in [1.165, 1.54) is 11.3 Å². The Morgan fingerprint density at radius 1 is 1.32 bits per heavy atom. The van der Waals surface area contributed by atoms with Gasteiger partial charge in [0, 0.05) is 5.69 Å². The molecule has 0 bridgehead atoms. The predicted molar refractivity (Wildman–Crippen MR) is 75.4 cm³/mol. The quantitative estimate of drug-likeness (QED) is 0.872. The number of anilines is 1. The van der Waals surface area contributed by atoms with Crippen molar-refractivity contribution < 1.29 is 14.3 Å². The van der Waals surface area contributed by atoms with Crippen LogP contribution in [-0.2, 0) is 0 Å². The summed E-state index contributed by atoms with van der Waals surface area (Å²) in [7, 11) is 1.60. The summed E-state index contributed by atoms with van der Waals surface area (Å²) >= 11 is 1.17. The van der Waals surface area contributed by atoms with Gasteiger partial charge in [-0.15, -0.1) is 11.3 Å². The number of thiophene rings is 1. The Bertz CT molecular complexity index is 619. The lowest BCUT2D eigenvalue weighted by atomic mass is 10.2. The van der Waals surface area contributed by atoms with Gasteiger partial charge in [0.1, 0.15) is 5.75 Å². The number of aldehydes is 1. The van der Waals surface area contributed by atoms with E-state index in [2.05, 4.69) is 5.32 Å². The van der Waals surface area contributed by atoms with Crippen LogP contribution in [0, 0.1) is 6.92 Å². The zero-order valence-electron chi connectivity index (χ0n) is 10.6. The highest BCUT2D eigenvalue weighted by Gasteiger charge is 2.10. The minimum Gasteiger partial charge on any atom is -0.497 e. The SMILES string of the molecule is COc1ccc(NC(=O)c2ccc(C=O)s2)c(C)c1. The topological polar surface area (TPSA) is 55.4 Å². The van der Waals surface area contributed by atoms with E-state index in [0.717, 1.165) is 23.3 Å². The second-order valence-corrected chi connectivity index (χ2v) is 5.07. The van der Waals surface area contributed by atoms with Gasteiger partial charge < -0.3 is 10.1 Å². The standard InChI is InChI=1S/C14H13NO3S/c1-9-7-10(18-2)3-5-12(9)15-14(17)13-6-4-11(8-16)19-13/h3-8H,1-2H3,(H,15,17). The Balaban J connectivity index is 2.16. The zero-order chi connectivity index (χ0) is 13.8. The lowest BCUT2D eigenvalue weighted by Crippen LogP contribution is -2.11. The van der Waals surface area contributed by atoms with Crippen molar-refractivity contribution in [2.24, 2.45) is 0 Å². The first-order valence-corrected chi connectivity index (χ1v) is 6.46. The summed E-state index contributed by atoms with van der Waals surface area (Å²) in [4.78, 5) is 23.6. The molecular weight excluding hydrogens is 262 g/mol. The molecule has 0 aliphatic heterocycles. The molecule has 2 aromatic rings. The number of carbonyl (C=O) groups is 2.